The Balaban J connectivity index is 1.48. The van der Waals surface area contributed by atoms with Gasteiger partial charge in [0.05, 0.1) is 0 Å². The first-order valence-electron chi connectivity index (χ1n) is 8.65. The van der Waals surface area contributed by atoms with Crippen molar-refractivity contribution in [3.05, 3.63) is 35.4 Å². The van der Waals surface area contributed by atoms with Crippen LogP contribution < -0.4 is 0 Å². The summed E-state index contributed by atoms with van der Waals surface area (Å²) in [6.07, 6.45) is 6.54. The molecule has 0 N–H and O–H groups in total. The average molecular weight is 299 g/mol. The lowest BCUT2D eigenvalue weighted by molar-refractivity contribution is -0.152. The molecule has 1 aromatic rings. The lowest BCUT2D eigenvalue weighted by atomic mass is 9.73. The van der Waals surface area contributed by atoms with E-state index in [0.717, 1.165) is 45.4 Å². The monoisotopic (exact) mass is 299 g/mol. The van der Waals surface area contributed by atoms with Crippen LogP contribution in [0, 0.1) is 0 Å². The fourth-order valence-electron chi connectivity index (χ4n) is 4.70. The smallest absolute Gasteiger partial charge is 0.254 e. The maximum atomic E-state index is 12.8. The van der Waals surface area contributed by atoms with Crippen LogP contribution in [-0.4, -0.2) is 36.1 Å². The van der Waals surface area contributed by atoms with Gasteiger partial charge in [-0.05, 0) is 62.0 Å². The summed E-state index contributed by atoms with van der Waals surface area (Å²) in [5, 5.41) is 0. The van der Waals surface area contributed by atoms with Gasteiger partial charge in [0.25, 0.3) is 5.91 Å². The highest BCUT2D eigenvalue weighted by atomic mass is 16.5. The first-order valence-corrected chi connectivity index (χ1v) is 8.65. The van der Waals surface area contributed by atoms with Crippen LogP contribution >= 0.6 is 0 Å². The second-order valence-corrected chi connectivity index (χ2v) is 7.41. The van der Waals surface area contributed by atoms with Crippen molar-refractivity contribution in [1.82, 2.24) is 4.90 Å². The van der Waals surface area contributed by atoms with E-state index in [1.807, 2.05) is 6.92 Å². The van der Waals surface area contributed by atoms with Gasteiger partial charge in [-0.1, -0.05) is 24.3 Å². The van der Waals surface area contributed by atoms with Crippen LogP contribution in [0.1, 0.15) is 50.2 Å². The number of rotatable bonds is 1. The van der Waals surface area contributed by atoms with E-state index in [2.05, 4.69) is 29.2 Å². The summed E-state index contributed by atoms with van der Waals surface area (Å²) in [7, 11) is 0. The molecule has 2 heterocycles. The molecule has 1 aliphatic carbocycles. The fourth-order valence-corrected chi connectivity index (χ4v) is 4.70. The third kappa shape index (κ3) is 2.10. The van der Waals surface area contributed by atoms with Crippen molar-refractivity contribution in [3.8, 4) is 0 Å². The van der Waals surface area contributed by atoms with Crippen LogP contribution in [0.25, 0.3) is 0 Å². The van der Waals surface area contributed by atoms with Gasteiger partial charge in [0.2, 0.25) is 0 Å². The normalized spacial score (nSPS) is 29.8. The maximum Gasteiger partial charge on any atom is 0.254 e. The van der Waals surface area contributed by atoms with Gasteiger partial charge in [-0.25, -0.2) is 0 Å². The Hall–Kier alpha value is -1.35. The lowest BCUT2D eigenvalue weighted by Gasteiger charge is -2.42. The van der Waals surface area contributed by atoms with E-state index >= 15 is 0 Å². The van der Waals surface area contributed by atoms with Gasteiger partial charge in [-0.15, -0.1) is 0 Å². The molecular formula is C19H25NO2. The molecule has 22 heavy (non-hydrogen) atoms. The van der Waals surface area contributed by atoms with Crippen LogP contribution in [-0.2, 0) is 21.4 Å². The van der Waals surface area contributed by atoms with Crippen molar-refractivity contribution in [3.63, 3.8) is 0 Å². The first-order chi connectivity index (χ1) is 10.6. The molecule has 0 unspecified atom stereocenters. The molecule has 3 heteroatoms. The summed E-state index contributed by atoms with van der Waals surface area (Å²) >= 11 is 0. The van der Waals surface area contributed by atoms with Crippen LogP contribution in [0.3, 0.4) is 0 Å². The molecule has 2 saturated heterocycles. The minimum Gasteiger partial charge on any atom is -0.365 e. The van der Waals surface area contributed by atoms with E-state index in [1.165, 1.54) is 18.4 Å². The second-order valence-electron chi connectivity index (χ2n) is 7.41. The maximum absolute atomic E-state index is 12.8. The molecule has 0 bridgehead atoms. The standard InChI is InChI=1S/C19H25NO2/c1-18(8-4-14-22-18)17(21)20-12-10-19(11-13-20)9-7-15-5-2-3-6-16(15)19/h2-3,5-6H,4,7-14H2,1H3/t18-/m1/s1. The number of carbonyl (C=O) groups is 1. The van der Waals surface area contributed by atoms with E-state index in [-0.39, 0.29) is 5.91 Å². The number of hydrogen-bond acceptors (Lipinski definition) is 2. The zero-order valence-electron chi connectivity index (χ0n) is 13.4. The van der Waals surface area contributed by atoms with E-state index in [9.17, 15) is 4.79 Å². The van der Waals surface area contributed by atoms with Gasteiger partial charge in [0.1, 0.15) is 5.60 Å². The summed E-state index contributed by atoms with van der Waals surface area (Å²) < 4.78 is 5.74. The number of carbonyl (C=O) groups excluding carboxylic acids is 1. The van der Waals surface area contributed by atoms with Crippen molar-refractivity contribution in [2.75, 3.05) is 19.7 Å². The summed E-state index contributed by atoms with van der Waals surface area (Å²) in [5.41, 5.74) is 2.84. The lowest BCUT2D eigenvalue weighted by Crippen LogP contribution is -2.52. The number of likely N-dealkylation sites (tertiary alicyclic amines) is 1. The Bertz CT molecular complexity index is 581. The number of hydrogen-bond donors (Lipinski definition) is 0. The number of aryl methyl sites for hydroxylation is 1. The molecule has 0 radical (unpaired) electrons. The van der Waals surface area contributed by atoms with Crippen molar-refractivity contribution >= 4 is 5.91 Å². The average Bonchev–Trinajstić information content (AvgIpc) is 3.14. The minimum absolute atomic E-state index is 0.214. The van der Waals surface area contributed by atoms with Gasteiger partial charge >= 0.3 is 0 Å². The van der Waals surface area contributed by atoms with Gasteiger partial charge < -0.3 is 9.64 Å². The van der Waals surface area contributed by atoms with Gasteiger partial charge in [0, 0.05) is 19.7 Å². The highest BCUT2D eigenvalue weighted by Gasteiger charge is 2.45. The molecule has 0 aromatic heterocycles. The molecule has 0 saturated carbocycles. The molecule has 3 nitrogen and oxygen atoms in total. The number of piperidine rings is 1. The number of benzene rings is 1. The van der Waals surface area contributed by atoms with E-state index in [1.54, 1.807) is 5.56 Å². The zero-order valence-corrected chi connectivity index (χ0v) is 13.4. The Morgan fingerprint density at radius 1 is 1.14 bits per heavy atom. The van der Waals surface area contributed by atoms with Gasteiger partial charge in [0.15, 0.2) is 0 Å². The van der Waals surface area contributed by atoms with E-state index in [4.69, 9.17) is 4.74 Å². The Morgan fingerprint density at radius 2 is 1.91 bits per heavy atom. The second kappa shape index (κ2) is 5.09. The van der Waals surface area contributed by atoms with Crippen LogP contribution in [0.15, 0.2) is 24.3 Å². The molecule has 4 rings (SSSR count). The number of fused-ring (bicyclic) bond motifs is 2. The van der Waals surface area contributed by atoms with Crippen LogP contribution in [0.4, 0.5) is 0 Å². The molecular weight excluding hydrogens is 274 g/mol. The van der Waals surface area contributed by atoms with Crippen molar-refractivity contribution in [2.24, 2.45) is 0 Å². The molecule has 118 valence electrons. The van der Waals surface area contributed by atoms with Crippen molar-refractivity contribution in [2.45, 2.75) is 56.5 Å². The fraction of sp³-hybridized carbons (Fsp3) is 0.632. The number of amides is 1. The largest absolute Gasteiger partial charge is 0.365 e. The summed E-state index contributed by atoms with van der Waals surface area (Å²) in [4.78, 5) is 14.8. The highest BCUT2D eigenvalue weighted by Crippen LogP contribution is 2.46. The predicted molar refractivity (Wildman–Crippen MR) is 85.8 cm³/mol. The summed E-state index contributed by atoms with van der Waals surface area (Å²) in [5.74, 6) is 0.214. The Kier molecular flexibility index (Phi) is 3.30. The topological polar surface area (TPSA) is 29.5 Å². The molecule has 1 atom stereocenters. The Labute approximate surface area is 132 Å². The summed E-state index contributed by atoms with van der Waals surface area (Å²) in [6, 6.07) is 8.89. The third-order valence-corrected chi connectivity index (χ3v) is 6.14. The number of ether oxygens (including phenoxy) is 1. The third-order valence-electron chi connectivity index (χ3n) is 6.14. The molecule has 1 aromatic carbocycles. The molecule has 2 fully saturated rings. The Morgan fingerprint density at radius 3 is 2.64 bits per heavy atom. The predicted octanol–water partition coefficient (Wildman–Crippen LogP) is 3.06. The first kappa shape index (κ1) is 14.3. The molecule has 3 aliphatic rings. The SMILES string of the molecule is C[C@]1(C(=O)N2CCC3(CCc4ccccc43)CC2)CCCO1. The molecule has 2 aliphatic heterocycles. The van der Waals surface area contributed by atoms with Crippen LogP contribution in [0.2, 0.25) is 0 Å². The van der Waals surface area contributed by atoms with E-state index in [0.29, 0.717) is 5.41 Å². The molecule has 1 amide bonds. The van der Waals surface area contributed by atoms with Crippen molar-refractivity contribution < 1.29 is 9.53 Å². The highest BCUT2D eigenvalue weighted by molar-refractivity contribution is 5.85. The van der Waals surface area contributed by atoms with Crippen molar-refractivity contribution in [1.29, 1.82) is 0 Å². The summed E-state index contributed by atoms with van der Waals surface area (Å²) in [6.45, 7) is 4.46. The minimum atomic E-state index is -0.557. The van der Waals surface area contributed by atoms with Crippen LogP contribution in [0.5, 0.6) is 0 Å². The molecule has 1 spiro atoms. The van der Waals surface area contributed by atoms with E-state index < -0.39 is 5.60 Å². The zero-order chi connectivity index (χ0) is 15.2. The quantitative estimate of drug-likeness (QED) is 0.797. The van der Waals surface area contributed by atoms with Gasteiger partial charge in [-0.2, -0.15) is 0 Å². The van der Waals surface area contributed by atoms with Gasteiger partial charge in [-0.3, -0.25) is 4.79 Å². The number of nitrogens with zero attached hydrogens (tertiary/aromatic N) is 1.